The van der Waals surface area contributed by atoms with Crippen LogP contribution in [-0.2, 0) is 0 Å². The quantitative estimate of drug-likeness (QED) is 0.504. The number of benzene rings is 2. The molecule has 0 saturated carbocycles. The molecule has 2 heterocycles. The molecule has 2 aromatic carbocycles. The number of rotatable bonds is 5. The molecule has 29 heavy (non-hydrogen) atoms. The minimum atomic E-state index is -0.663. The Bertz CT molecular complexity index is 1360. The lowest BCUT2D eigenvalue weighted by Gasteiger charge is -2.09. The molecule has 0 saturated heterocycles. The highest BCUT2D eigenvalue weighted by Gasteiger charge is 2.14. The molecule has 4 aromatic rings. The van der Waals surface area contributed by atoms with Gasteiger partial charge in [0.25, 0.3) is 0 Å². The summed E-state index contributed by atoms with van der Waals surface area (Å²) < 4.78 is 16.6. The van der Waals surface area contributed by atoms with Crippen molar-refractivity contribution in [1.29, 1.82) is 0 Å². The molecule has 0 unspecified atom stereocenters. The highest BCUT2D eigenvalue weighted by molar-refractivity contribution is 6.04. The summed E-state index contributed by atoms with van der Waals surface area (Å²) in [7, 11) is 4.57. The molecular formula is C20H18N4O5. The molecular weight excluding hydrogens is 376 g/mol. The van der Waals surface area contributed by atoms with E-state index in [1.54, 1.807) is 43.5 Å². The second-order valence-corrected chi connectivity index (χ2v) is 6.16. The Hall–Kier alpha value is -4.01. The van der Waals surface area contributed by atoms with E-state index in [2.05, 4.69) is 15.1 Å². The third-order valence-corrected chi connectivity index (χ3v) is 4.58. The first-order valence-electron chi connectivity index (χ1n) is 8.67. The number of aromatic nitrogens is 3. The van der Waals surface area contributed by atoms with Crippen LogP contribution in [0.3, 0.4) is 0 Å². The van der Waals surface area contributed by atoms with Crippen molar-refractivity contribution in [3.63, 3.8) is 0 Å². The van der Waals surface area contributed by atoms with Crippen molar-refractivity contribution in [2.75, 3.05) is 21.3 Å². The number of nitrogens with one attached hydrogen (secondary N) is 2. The van der Waals surface area contributed by atoms with Gasteiger partial charge in [-0.1, -0.05) is 6.07 Å². The maximum atomic E-state index is 12.9. The Labute approximate surface area is 164 Å². The number of para-hydroxylation sites is 1. The summed E-state index contributed by atoms with van der Waals surface area (Å²) in [5, 5.41) is 4.75. The molecule has 2 N–H and O–H groups in total. The number of hydrogen-bond acceptors (Lipinski definition) is 6. The fourth-order valence-corrected chi connectivity index (χ4v) is 3.18. The monoisotopic (exact) mass is 394 g/mol. The van der Waals surface area contributed by atoms with E-state index in [1.165, 1.54) is 20.4 Å². The van der Waals surface area contributed by atoms with Crippen LogP contribution >= 0.6 is 0 Å². The van der Waals surface area contributed by atoms with Crippen LogP contribution < -0.4 is 25.5 Å². The number of ether oxygens (including phenoxy) is 3. The number of hydrogen-bond donors (Lipinski definition) is 2. The van der Waals surface area contributed by atoms with Gasteiger partial charge in [0.2, 0.25) is 0 Å². The van der Waals surface area contributed by atoms with Gasteiger partial charge in [-0.25, -0.2) is 4.79 Å². The third kappa shape index (κ3) is 3.02. The first-order chi connectivity index (χ1) is 14.1. The molecule has 0 aliphatic heterocycles. The van der Waals surface area contributed by atoms with Crippen molar-refractivity contribution >= 4 is 28.2 Å². The minimum absolute atomic E-state index is 0.239. The molecule has 0 fully saturated rings. The van der Waals surface area contributed by atoms with E-state index >= 15 is 0 Å². The van der Waals surface area contributed by atoms with Gasteiger partial charge in [0.05, 0.1) is 33.1 Å². The highest BCUT2D eigenvalue weighted by atomic mass is 16.5. The first kappa shape index (κ1) is 18.4. The van der Waals surface area contributed by atoms with E-state index in [1.807, 2.05) is 0 Å². The summed E-state index contributed by atoms with van der Waals surface area (Å²) in [4.78, 5) is 31.2. The molecule has 0 atom stereocenters. The maximum absolute atomic E-state index is 12.9. The fourth-order valence-electron chi connectivity index (χ4n) is 3.18. The number of nitrogens with zero attached hydrogens (tertiary/aromatic N) is 2. The van der Waals surface area contributed by atoms with E-state index < -0.39 is 11.2 Å². The molecule has 0 aliphatic carbocycles. The van der Waals surface area contributed by atoms with Crippen molar-refractivity contribution < 1.29 is 14.2 Å². The zero-order chi connectivity index (χ0) is 20.5. The van der Waals surface area contributed by atoms with Crippen molar-refractivity contribution in [3.05, 3.63) is 62.8 Å². The molecule has 148 valence electrons. The molecule has 2 aromatic heterocycles. The summed E-state index contributed by atoms with van der Waals surface area (Å²) in [5.41, 5.74) is 0.660. The van der Waals surface area contributed by atoms with Gasteiger partial charge >= 0.3 is 11.2 Å². The van der Waals surface area contributed by atoms with Gasteiger partial charge in [0, 0.05) is 16.5 Å². The lowest BCUT2D eigenvalue weighted by Crippen LogP contribution is -2.32. The zero-order valence-electron chi connectivity index (χ0n) is 16.0. The molecule has 0 aliphatic rings. The van der Waals surface area contributed by atoms with E-state index in [-0.39, 0.29) is 5.52 Å². The van der Waals surface area contributed by atoms with Crippen LogP contribution in [0, 0.1) is 0 Å². The first-order valence-corrected chi connectivity index (χ1v) is 8.67. The van der Waals surface area contributed by atoms with Gasteiger partial charge in [-0.15, -0.1) is 4.68 Å². The van der Waals surface area contributed by atoms with Crippen LogP contribution in [0.25, 0.3) is 21.9 Å². The highest BCUT2D eigenvalue weighted by Crippen LogP contribution is 2.29. The van der Waals surface area contributed by atoms with Gasteiger partial charge in [-0.3, -0.25) is 4.79 Å². The lowest BCUT2D eigenvalue weighted by atomic mass is 10.2. The van der Waals surface area contributed by atoms with E-state index in [0.717, 1.165) is 4.68 Å². The summed E-state index contributed by atoms with van der Waals surface area (Å²) in [5.74, 6) is 1.58. The summed E-state index contributed by atoms with van der Waals surface area (Å²) >= 11 is 0. The van der Waals surface area contributed by atoms with Gasteiger partial charge < -0.3 is 24.2 Å². The minimum Gasteiger partial charge on any atom is -0.497 e. The van der Waals surface area contributed by atoms with Gasteiger partial charge in [0.1, 0.15) is 11.3 Å². The normalized spacial score (nSPS) is 11.4. The number of H-pyrrole nitrogens is 2. The standard InChI is InChI=1S/C20H18N4O5/c1-27-12-7-8-14-13(9-12)16-17(22-14)19(25)24(20(26)23-16)21-10-11-5-4-6-15(28-2)18(11)29-3/h4-10,22H,1-3H3,(H,23,26)/b21-10+. The van der Waals surface area contributed by atoms with E-state index in [4.69, 9.17) is 14.2 Å². The SMILES string of the molecule is COc1ccc2[nH]c3c(=O)n(/N=C/c4cccc(OC)c4OC)c(=O)[nH]c3c2c1. The smallest absolute Gasteiger partial charge is 0.350 e. The van der Waals surface area contributed by atoms with Crippen LogP contribution in [0.1, 0.15) is 5.56 Å². The van der Waals surface area contributed by atoms with Crippen molar-refractivity contribution in [2.24, 2.45) is 5.10 Å². The zero-order valence-corrected chi connectivity index (χ0v) is 16.0. The molecule has 0 bridgehead atoms. The Morgan fingerprint density at radius 2 is 1.79 bits per heavy atom. The summed E-state index contributed by atoms with van der Waals surface area (Å²) in [6.45, 7) is 0. The Balaban J connectivity index is 1.87. The van der Waals surface area contributed by atoms with Gasteiger partial charge in [-0.05, 0) is 30.3 Å². The van der Waals surface area contributed by atoms with Crippen LogP contribution in [-0.4, -0.2) is 42.2 Å². The molecule has 4 rings (SSSR count). The number of methoxy groups -OCH3 is 3. The van der Waals surface area contributed by atoms with E-state index in [0.29, 0.717) is 39.2 Å². The topological polar surface area (TPSA) is 111 Å². The molecule has 9 nitrogen and oxygen atoms in total. The predicted molar refractivity (Wildman–Crippen MR) is 110 cm³/mol. The predicted octanol–water partition coefficient (Wildman–Crippen LogP) is 2.08. The lowest BCUT2D eigenvalue weighted by molar-refractivity contribution is 0.354. The van der Waals surface area contributed by atoms with E-state index in [9.17, 15) is 9.59 Å². The third-order valence-electron chi connectivity index (χ3n) is 4.58. The Morgan fingerprint density at radius 1 is 0.966 bits per heavy atom. The van der Waals surface area contributed by atoms with Crippen LogP contribution in [0.15, 0.2) is 51.1 Å². The number of fused-ring (bicyclic) bond motifs is 3. The van der Waals surface area contributed by atoms with Crippen molar-refractivity contribution in [1.82, 2.24) is 14.6 Å². The second-order valence-electron chi connectivity index (χ2n) is 6.16. The maximum Gasteiger partial charge on any atom is 0.350 e. The fraction of sp³-hybridized carbons (Fsp3) is 0.150. The Morgan fingerprint density at radius 3 is 2.52 bits per heavy atom. The van der Waals surface area contributed by atoms with Crippen molar-refractivity contribution in [2.45, 2.75) is 0 Å². The summed E-state index contributed by atoms with van der Waals surface area (Å²) in [6, 6.07) is 10.5. The average Bonchev–Trinajstić information content (AvgIpc) is 3.11. The molecule has 0 amide bonds. The van der Waals surface area contributed by atoms with Crippen molar-refractivity contribution in [3.8, 4) is 17.2 Å². The average molecular weight is 394 g/mol. The van der Waals surface area contributed by atoms with Gasteiger partial charge in [-0.2, -0.15) is 5.10 Å². The molecule has 0 spiro atoms. The largest absolute Gasteiger partial charge is 0.497 e. The molecule has 9 heteroatoms. The van der Waals surface area contributed by atoms with Crippen LogP contribution in [0.2, 0.25) is 0 Å². The second kappa shape index (κ2) is 7.19. The van der Waals surface area contributed by atoms with Crippen LogP contribution in [0.5, 0.6) is 17.2 Å². The Kier molecular flexibility index (Phi) is 4.55. The van der Waals surface area contributed by atoms with Crippen LogP contribution in [0.4, 0.5) is 0 Å². The summed E-state index contributed by atoms with van der Waals surface area (Å²) in [6.07, 6.45) is 1.37. The number of aromatic amines is 2. The van der Waals surface area contributed by atoms with Gasteiger partial charge in [0.15, 0.2) is 11.5 Å². The molecule has 0 radical (unpaired) electrons.